The van der Waals surface area contributed by atoms with E-state index in [1.807, 2.05) is 12.4 Å². The van der Waals surface area contributed by atoms with Crippen molar-refractivity contribution in [2.24, 2.45) is 0 Å². The first-order chi connectivity index (χ1) is 8.58. The lowest BCUT2D eigenvalue weighted by Gasteiger charge is -2.11. The number of fused-ring (bicyclic) bond motifs is 3. The van der Waals surface area contributed by atoms with Gasteiger partial charge in [0.1, 0.15) is 0 Å². The van der Waals surface area contributed by atoms with Crippen molar-refractivity contribution in [2.45, 2.75) is 27.7 Å². The van der Waals surface area contributed by atoms with Crippen LogP contribution < -0.4 is 0 Å². The molecule has 3 heteroatoms. The average Bonchev–Trinajstić information content (AvgIpc) is 2.36. The maximum Gasteiger partial charge on any atom is 0.0967 e. The van der Waals surface area contributed by atoms with Gasteiger partial charge in [-0.05, 0) is 62.1 Å². The third kappa shape index (κ3) is 1.96. The van der Waals surface area contributed by atoms with Crippen LogP contribution in [0.2, 0.25) is 0 Å². The van der Waals surface area contributed by atoms with Gasteiger partial charge in [-0.25, -0.2) is 0 Å². The van der Waals surface area contributed by atoms with E-state index in [0.29, 0.717) is 0 Å². The fourth-order valence-electron chi connectivity index (χ4n) is 2.49. The van der Waals surface area contributed by atoms with Crippen LogP contribution >= 0.6 is 0 Å². The first-order valence-electron chi connectivity index (χ1n) is 6.20. The largest absolute Gasteiger partial charge is 0.412 e. The normalized spacial score (nSPS) is 10.7. The molecule has 19 heavy (non-hydrogen) atoms. The van der Waals surface area contributed by atoms with Crippen LogP contribution in [0.4, 0.5) is 0 Å². The number of rotatable bonds is 0. The highest BCUT2D eigenvalue weighted by Gasteiger charge is 2.10. The lowest BCUT2D eigenvalue weighted by Crippen LogP contribution is -1.94. The van der Waals surface area contributed by atoms with Crippen molar-refractivity contribution in [1.82, 2.24) is 9.97 Å². The third-order valence-corrected chi connectivity index (χ3v) is 3.64. The van der Waals surface area contributed by atoms with E-state index in [9.17, 15) is 0 Å². The summed E-state index contributed by atoms with van der Waals surface area (Å²) in [6.07, 6.45) is 3.83. The molecular weight excluding hydrogens is 236 g/mol. The Hall–Kier alpha value is -2.00. The van der Waals surface area contributed by atoms with Gasteiger partial charge in [-0.2, -0.15) is 0 Å². The molecule has 98 valence electrons. The van der Waals surface area contributed by atoms with E-state index < -0.39 is 0 Å². The van der Waals surface area contributed by atoms with Gasteiger partial charge in [0, 0.05) is 23.2 Å². The van der Waals surface area contributed by atoms with Gasteiger partial charge in [0.15, 0.2) is 0 Å². The molecule has 2 N–H and O–H groups in total. The maximum atomic E-state index is 4.58. The molecule has 0 saturated heterocycles. The zero-order valence-electron chi connectivity index (χ0n) is 11.7. The molecular formula is C16H18N2O. The van der Waals surface area contributed by atoms with Gasteiger partial charge in [0.05, 0.1) is 11.0 Å². The molecule has 3 rings (SSSR count). The Morgan fingerprint density at radius 3 is 1.42 bits per heavy atom. The van der Waals surface area contributed by atoms with E-state index >= 15 is 0 Å². The van der Waals surface area contributed by atoms with E-state index in [1.54, 1.807) is 0 Å². The van der Waals surface area contributed by atoms with Gasteiger partial charge in [0.2, 0.25) is 0 Å². The van der Waals surface area contributed by atoms with Crippen molar-refractivity contribution in [1.29, 1.82) is 0 Å². The van der Waals surface area contributed by atoms with Crippen LogP contribution in [0.1, 0.15) is 22.3 Å². The molecule has 0 saturated carbocycles. The summed E-state index contributed by atoms with van der Waals surface area (Å²) >= 11 is 0. The second-order valence-electron chi connectivity index (χ2n) is 5.07. The SMILES string of the molecule is Cc1cnc2c(c1)c(C)c(C)c1cc(C)cnc12.O. The minimum atomic E-state index is 0. The molecule has 0 aliphatic rings. The van der Waals surface area contributed by atoms with E-state index in [4.69, 9.17) is 0 Å². The molecule has 0 unspecified atom stereocenters. The van der Waals surface area contributed by atoms with Crippen LogP contribution in [-0.4, -0.2) is 15.4 Å². The summed E-state index contributed by atoms with van der Waals surface area (Å²) in [6, 6.07) is 4.40. The Balaban J connectivity index is 0.00000133. The summed E-state index contributed by atoms with van der Waals surface area (Å²) in [5, 5.41) is 2.44. The molecule has 3 nitrogen and oxygen atoms in total. The van der Waals surface area contributed by atoms with E-state index in [2.05, 4.69) is 49.8 Å². The molecule has 0 radical (unpaired) electrons. The molecule has 0 aliphatic heterocycles. The van der Waals surface area contributed by atoms with Gasteiger partial charge >= 0.3 is 0 Å². The summed E-state index contributed by atoms with van der Waals surface area (Å²) in [5.74, 6) is 0. The maximum absolute atomic E-state index is 4.58. The number of hydrogen-bond acceptors (Lipinski definition) is 2. The predicted molar refractivity (Wildman–Crippen MR) is 79.6 cm³/mol. The van der Waals surface area contributed by atoms with Crippen LogP contribution in [0, 0.1) is 27.7 Å². The standard InChI is InChI=1S/C16H16N2.H2O/c1-9-5-13-11(3)12(4)14-6-10(2)8-18-16(14)15(13)17-7-9;/h5-8H,1-4H3;1H2. The number of aryl methyl sites for hydroxylation is 4. The Kier molecular flexibility index (Phi) is 3.25. The van der Waals surface area contributed by atoms with Crippen molar-refractivity contribution in [3.63, 3.8) is 0 Å². The van der Waals surface area contributed by atoms with E-state index in [0.717, 1.165) is 11.0 Å². The highest BCUT2D eigenvalue weighted by atomic mass is 16.0. The molecule has 2 aromatic heterocycles. The lowest BCUT2D eigenvalue weighted by molar-refractivity contribution is 0.824. The van der Waals surface area contributed by atoms with Crippen molar-refractivity contribution in [3.8, 4) is 0 Å². The summed E-state index contributed by atoms with van der Waals surface area (Å²) in [5.41, 5.74) is 7.02. The smallest absolute Gasteiger partial charge is 0.0967 e. The van der Waals surface area contributed by atoms with Crippen LogP contribution in [0.25, 0.3) is 21.8 Å². The van der Waals surface area contributed by atoms with Crippen LogP contribution in [0.5, 0.6) is 0 Å². The molecule has 3 aromatic rings. The average molecular weight is 254 g/mol. The van der Waals surface area contributed by atoms with Gasteiger partial charge in [0.25, 0.3) is 0 Å². The van der Waals surface area contributed by atoms with Crippen molar-refractivity contribution >= 4 is 21.8 Å². The number of aromatic nitrogens is 2. The monoisotopic (exact) mass is 254 g/mol. The van der Waals surface area contributed by atoms with Crippen LogP contribution in [-0.2, 0) is 0 Å². The van der Waals surface area contributed by atoms with Crippen molar-refractivity contribution < 1.29 is 5.48 Å². The fraction of sp³-hybridized carbons (Fsp3) is 0.250. The first kappa shape index (κ1) is 13.4. The minimum absolute atomic E-state index is 0. The number of nitrogens with zero attached hydrogens (tertiary/aromatic N) is 2. The van der Waals surface area contributed by atoms with E-state index in [1.165, 1.54) is 33.0 Å². The Bertz CT molecular complexity index is 712. The molecule has 0 bridgehead atoms. The number of pyridine rings is 2. The summed E-state index contributed by atoms with van der Waals surface area (Å²) in [4.78, 5) is 9.16. The summed E-state index contributed by atoms with van der Waals surface area (Å²) < 4.78 is 0. The zero-order chi connectivity index (χ0) is 12.9. The third-order valence-electron chi connectivity index (χ3n) is 3.64. The molecule has 0 atom stereocenters. The van der Waals surface area contributed by atoms with Gasteiger partial charge in [-0.3, -0.25) is 9.97 Å². The summed E-state index contributed by atoms with van der Waals surface area (Å²) in [6.45, 7) is 8.49. The highest BCUT2D eigenvalue weighted by molar-refractivity contribution is 6.06. The second kappa shape index (κ2) is 4.59. The van der Waals surface area contributed by atoms with Crippen molar-refractivity contribution in [3.05, 3.63) is 46.8 Å². The molecule has 0 aliphatic carbocycles. The van der Waals surface area contributed by atoms with Gasteiger partial charge in [-0.15, -0.1) is 0 Å². The Morgan fingerprint density at radius 1 is 0.684 bits per heavy atom. The molecule has 1 aromatic carbocycles. The van der Waals surface area contributed by atoms with Crippen molar-refractivity contribution in [2.75, 3.05) is 0 Å². The Labute approximate surface area is 112 Å². The zero-order valence-corrected chi connectivity index (χ0v) is 11.7. The molecule has 0 amide bonds. The van der Waals surface area contributed by atoms with Gasteiger partial charge in [-0.1, -0.05) is 0 Å². The van der Waals surface area contributed by atoms with Crippen LogP contribution in [0.15, 0.2) is 24.5 Å². The minimum Gasteiger partial charge on any atom is -0.412 e. The van der Waals surface area contributed by atoms with Gasteiger partial charge < -0.3 is 5.48 Å². The summed E-state index contributed by atoms with van der Waals surface area (Å²) in [7, 11) is 0. The topological polar surface area (TPSA) is 57.3 Å². The fourth-order valence-corrected chi connectivity index (χ4v) is 2.49. The predicted octanol–water partition coefficient (Wildman–Crippen LogP) is 3.19. The second-order valence-corrected chi connectivity index (χ2v) is 5.07. The quantitative estimate of drug-likeness (QED) is 0.578. The molecule has 0 spiro atoms. The number of hydrogen-bond donors (Lipinski definition) is 0. The Morgan fingerprint density at radius 2 is 1.05 bits per heavy atom. The van der Waals surface area contributed by atoms with Crippen LogP contribution in [0.3, 0.4) is 0 Å². The highest BCUT2D eigenvalue weighted by Crippen LogP contribution is 2.30. The lowest BCUT2D eigenvalue weighted by atomic mass is 9.97. The molecule has 2 heterocycles. The number of benzene rings is 1. The first-order valence-corrected chi connectivity index (χ1v) is 6.20. The molecule has 0 fully saturated rings. The van der Waals surface area contributed by atoms with E-state index in [-0.39, 0.29) is 5.48 Å².